The maximum absolute atomic E-state index is 9.73. The molecule has 15 heavy (non-hydrogen) atoms. The van der Waals surface area contributed by atoms with Crippen molar-refractivity contribution < 1.29 is 34.5 Å². The second-order valence-electron chi connectivity index (χ2n) is 3.27. The zero-order valence-electron chi connectivity index (χ0n) is 8.82. The Labute approximate surface area is 87.3 Å². The van der Waals surface area contributed by atoms with Gasteiger partial charge in [-0.05, 0) is 6.92 Å². The molecule has 7 nitrogen and oxygen atoms in total. The van der Waals surface area contributed by atoms with E-state index >= 15 is 0 Å². The number of aliphatic hydroxyl groups is 1. The van der Waals surface area contributed by atoms with Crippen LogP contribution in [0.15, 0.2) is 0 Å². The van der Waals surface area contributed by atoms with Crippen molar-refractivity contribution in [3.63, 3.8) is 0 Å². The first kappa shape index (κ1) is 12.8. The summed E-state index contributed by atoms with van der Waals surface area (Å²) in [6, 6.07) is 0. The van der Waals surface area contributed by atoms with Gasteiger partial charge in [-0.3, -0.25) is 0 Å². The molecule has 0 saturated carbocycles. The zero-order valence-corrected chi connectivity index (χ0v) is 8.82. The van der Waals surface area contributed by atoms with Gasteiger partial charge in [0.25, 0.3) is 0 Å². The first-order chi connectivity index (χ1) is 7.15. The van der Waals surface area contributed by atoms with Crippen molar-refractivity contribution >= 4 is 0 Å². The summed E-state index contributed by atoms with van der Waals surface area (Å²) >= 11 is 0. The zero-order chi connectivity index (χ0) is 11.4. The van der Waals surface area contributed by atoms with E-state index in [1.807, 2.05) is 0 Å². The van der Waals surface area contributed by atoms with Gasteiger partial charge in [0.2, 0.25) is 0 Å². The van der Waals surface area contributed by atoms with E-state index in [4.69, 9.17) is 19.5 Å². The van der Waals surface area contributed by atoms with E-state index in [-0.39, 0.29) is 0 Å². The molecule has 0 amide bonds. The molecule has 5 atom stereocenters. The third kappa shape index (κ3) is 2.64. The van der Waals surface area contributed by atoms with Gasteiger partial charge in [-0.15, -0.1) is 0 Å². The molecule has 0 radical (unpaired) electrons. The van der Waals surface area contributed by atoms with Gasteiger partial charge in [0.05, 0.1) is 6.10 Å². The van der Waals surface area contributed by atoms with Crippen molar-refractivity contribution in [3.8, 4) is 0 Å². The summed E-state index contributed by atoms with van der Waals surface area (Å²) in [6.07, 6.45) is -3.69. The number of hydrogen-bond donors (Lipinski definition) is 2. The summed E-state index contributed by atoms with van der Waals surface area (Å²) in [6.45, 7) is 1.68. The van der Waals surface area contributed by atoms with Crippen LogP contribution in [0.3, 0.4) is 0 Å². The van der Waals surface area contributed by atoms with E-state index in [0.717, 1.165) is 0 Å². The molecule has 1 heterocycles. The van der Waals surface area contributed by atoms with Crippen LogP contribution in [0.1, 0.15) is 6.92 Å². The molecular formula is C8H16O7. The van der Waals surface area contributed by atoms with E-state index in [1.165, 1.54) is 14.2 Å². The minimum absolute atomic E-state index is 0.460. The van der Waals surface area contributed by atoms with Gasteiger partial charge in [-0.1, -0.05) is 5.04 Å². The normalized spacial score (nSPS) is 41.8. The number of rotatable bonds is 4. The SMILES string of the molecule is CO[C@@H]1OC(C)[C@@H](O)[C@H](OC)C1OOO. The predicted octanol–water partition coefficient (Wildman–Crippen LogP) is -0.457. The fourth-order valence-corrected chi connectivity index (χ4v) is 1.60. The maximum Gasteiger partial charge on any atom is 0.189 e. The molecule has 90 valence electrons. The Kier molecular flexibility index (Phi) is 4.87. The Morgan fingerprint density at radius 3 is 2.27 bits per heavy atom. The number of hydrogen-bond acceptors (Lipinski definition) is 7. The van der Waals surface area contributed by atoms with E-state index in [1.54, 1.807) is 6.92 Å². The number of methoxy groups -OCH3 is 2. The van der Waals surface area contributed by atoms with E-state index in [0.29, 0.717) is 0 Å². The third-order valence-corrected chi connectivity index (χ3v) is 2.42. The first-order valence-electron chi connectivity index (χ1n) is 4.51. The molecule has 0 bridgehead atoms. The highest BCUT2D eigenvalue weighted by Crippen LogP contribution is 2.25. The lowest BCUT2D eigenvalue weighted by Crippen LogP contribution is -2.58. The highest BCUT2D eigenvalue weighted by Gasteiger charge is 2.46. The minimum atomic E-state index is -0.887. The topological polar surface area (TPSA) is 86.6 Å². The van der Waals surface area contributed by atoms with Gasteiger partial charge in [0, 0.05) is 14.2 Å². The second kappa shape index (κ2) is 5.71. The monoisotopic (exact) mass is 224 g/mol. The lowest BCUT2D eigenvalue weighted by Gasteiger charge is -2.40. The summed E-state index contributed by atoms with van der Waals surface area (Å²) in [5, 5.41) is 21.5. The number of aliphatic hydroxyl groups excluding tert-OH is 1. The van der Waals surface area contributed by atoms with Crippen molar-refractivity contribution in [3.05, 3.63) is 0 Å². The van der Waals surface area contributed by atoms with Gasteiger partial charge in [-0.25, -0.2) is 5.26 Å². The van der Waals surface area contributed by atoms with Gasteiger partial charge in [0.15, 0.2) is 12.4 Å². The Hall–Kier alpha value is -0.280. The van der Waals surface area contributed by atoms with E-state index < -0.39 is 30.7 Å². The van der Waals surface area contributed by atoms with Gasteiger partial charge in [-0.2, -0.15) is 4.89 Å². The molecular weight excluding hydrogens is 208 g/mol. The van der Waals surface area contributed by atoms with Crippen LogP contribution in [0.4, 0.5) is 0 Å². The van der Waals surface area contributed by atoms with Crippen LogP contribution in [-0.4, -0.2) is 55.3 Å². The van der Waals surface area contributed by atoms with Crippen LogP contribution in [-0.2, 0) is 24.1 Å². The molecule has 0 aromatic rings. The lowest BCUT2D eigenvalue weighted by atomic mass is 10.00. The Bertz CT molecular complexity index is 188. The molecule has 2 N–H and O–H groups in total. The van der Waals surface area contributed by atoms with Gasteiger partial charge >= 0.3 is 0 Å². The fraction of sp³-hybridized carbons (Fsp3) is 1.00. The van der Waals surface area contributed by atoms with Crippen LogP contribution >= 0.6 is 0 Å². The quantitative estimate of drug-likeness (QED) is 0.493. The van der Waals surface area contributed by atoms with Crippen molar-refractivity contribution in [2.24, 2.45) is 0 Å². The molecule has 7 heteroatoms. The molecule has 1 aliphatic rings. The van der Waals surface area contributed by atoms with Crippen LogP contribution in [0.25, 0.3) is 0 Å². The summed E-state index contributed by atoms with van der Waals surface area (Å²) in [5.41, 5.74) is 0. The highest BCUT2D eigenvalue weighted by atomic mass is 17.5. The van der Waals surface area contributed by atoms with Crippen LogP contribution in [0, 0.1) is 0 Å². The molecule has 2 unspecified atom stereocenters. The van der Waals surface area contributed by atoms with Crippen molar-refractivity contribution in [1.29, 1.82) is 0 Å². The van der Waals surface area contributed by atoms with Gasteiger partial charge < -0.3 is 19.3 Å². The first-order valence-corrected chi connectivity index (χ1v) is 4.51. The van der Waals surface area contributed by atoms with Crippen LogP contribution in [0.5, 0.6) is 0 Å². The predicted molar refractivity (Wildman–Crippen MR) is 46.7 cm³/mol. The standard InChI is InChI=1S/C8H16O7/c1-4-5(9)6(11-2)7(14-15-10)8(12-3)13-4/h4-10H,1-3H3/t4?,5-,6+,7?,8-/m1/s1. The highest BCUT2D eigenvalue weighted by molar-refractivity contribution is 4.88. The lowest BCUT2D eigenvalue weighted by molar-refractivity contribution is -0.531. The fourth-order valence-electron chi connectivity index (χ4n) is 1.60. The maximum atomic E-state index is 9.73. The molecule has 1 rings (SSSR count). The number of ether oxygens (including phenoxy) is 3. The molecule has 1 saturated heterocycles. The summed E-state index contributed by atoms with van der Waals surface area (Å²) in [5.74, 6) is 0. The Morgan fingerprint density at radius 2 is 1.80 bits per heavy atom. The van der Waals surface area contributed by atoms with Crippen molar-refractivity contribution in [2.45, 2.75) is 37.6 Å². The molecule has 0 aliphatic carbocycles. The van der Waals surface area contributed by atoms with Gasteiger partial charge in [0.1, 0.15) is 12.2 Å². The average Bonchev–Trinajstić information content (AvgIpc) is 2.24. The molecule has 0 aromatic heterocycles. The largest absolute Gasteiger partial charge is 0.388 e. The Morgan fingerprint density at radius 1 is 1.13 bits per heavy atom. The second-order valence-corrected chi connectivity index (χ2v) is 3.27. The third-order valence-electron chi connectivity index (χ3n) is 2.42. The van der Waals surface area contributed by atoms with Crippen LogP contribution in [0.2, 0.25) is 0 Å². The summed E-state index contributed by atoms with van der Waals surface area (Å²) in [4.78, 5) is 4.53. The minimum Gasteiger partial charge on any atom is -0.388 e. The molecule has 1 aliphatic heterocycles. The van der Waals surface area contributed by atoms with Crippen LogP contribution < -0.4 is 0 Å². The van der Waals surface area contributed by atoms with Crippen molar-refractivity contribution in [1.82, 2.24) is 0 Å². The smallest absolute Gasteiger partial charge is 0.189 e. The molecule has 1 fully saturated rings. The van der Waals surface area contributed by atoms with E-state index in [9.17, 15) is 5.11 Å². The molecule has 0 aromatic carbocycles. The van der Waals surface area contributed by atoms with Crippen molar-refractivity contribution in [2.75, 3.05) is 14.2 Å². The summed E-state index contributed by atoms with van der Waals surface area (Å²) < 4.78 is 15.3. The molecule has 0 spiro atoms. The summed E-state index contributed by atoms with van der Waals surface area (Å²) in [7, 11) is 2.82. The Balaban J connectivity index is 2.75. The van der Waals surface area contributed by atoms with E-state index in [2.05, 4.69) is 9.93 Å². The average molecular weight is 224 g/mol.